The first kappa shape index (κ1) is 13.5. The number of hydrogen-bond donors (Lipinski definition) is 2. The van der Waals surface area contributed by atoms with Crippen LogP contribution in [0.4, 0.5) is 0 Å². The summed E-state index contributed by atoms with van der Waals surface area (Å²) in [6.45, 7) is 1.91. The van der Waals surface area contributed by atoms with E-state index in [0.29, 0.717) is 0 Å². The Balaban J connectivity index is 2.01. The Kier molecular flexibility index (Phi) is 4.16. The highest BCUT2D eigenvalue weighted by atomic mass is 32.1. The van der Waals surface area contributed by atoms with Gasteiger partial charge in [-0.2, -0.15) is 0 Å². The van der Waals surface area contributed by atoms with E-state index in [1.807, 2.05) is 31.2 Å². The molecule has 2 N–H and O–H groups in total. The lowest BCUT2D eigenvalue weighted by molar-refractivity contribution is -0.138. The maximum Gasteiger partial charge on any atom is 0.303 e. The number of benzene rings is 1. The Labute approximate surface area is 115 Å². The van der Waals surface area contributed by atoms with Crippen molar-refractivity contribution in [3.63, 3.8) is 0 Å². The molecule has 2 aromatic rings. The van der Waals surface area contributed by atoms with Crippen molar-refractivity contribution in [1.82, 2.24) is 5.32 Å². The molecule has 0 fully saturated rings. The van der Waals surface area contributed by atoms with Gasteiger partial charge in [-0.25, -0.2) is 0 Å². The largest absolute Gasteiger partial charge is 0.481 e. The summed E-state index contributed by atoms with van der Waals surface area (Å²) >= 11 is 1.64. The number of rotatable bonds is 5. The van der Waals surface area contributed by atoms with Gasteiger partial charge < -0.3 is 10.4 Å². The fourth-order valence-electron chi connectivity index (χ4n) is 1.82. The van der Waals surface area contributed by atoms with Crippen LogP contribution in [-0.4, -0.2) is 17.0 Å². The number of carbonyl (C=O) groups excluding carboxylic acids is 1. The maximum absolute atomic E-state index is 11.6. The average Bonchev–Trinajstić information content (AvgIpc) is 2.80. The van der Waals surface area contributed by atoms with Crippen LogP contribution in [0.5, 0.6) is 0 Å². The molecule has 1 atom stereocenters. The van der Waals surface area contributed by atoms with Gasteiger partial charge in [0.1, 0.15) is 0 Å². The molecule has 1 unspecified atom stereocenters. The molecular formula is C14H15NO3S. The zero-order valence-electron chi connectivity index (χ0n) is 10.6. The van der Waals surface area contributed by atoms with Crippen LogP contribution in [0.2, 0.25) is 0 Å². The van der Waals surface area contributed by atoms with E-state index in [1.54, 1.807) is 11.3 Å². The van der Waals surface area contributed by atoms with Crippen LogP contribution in [0.15, 0.2) is 30.3 Å². The second-order valence-electron chi connectivity index (χ2n) is 4.37. The van der Waals surface area contributed by atoms with Crippen molar-refractivity contribution < 1.29 is 14.7 Å². The predicted octanol–water partition coefficient (Wildman–Crippen LogP) is 2.94. The Morgan fingerprint density at radius 2 is 2.05 bits per heavy atom. The number of aliphatic carboxylic acids is 1. The van der Waals surface area contributed by atoms with Gasteiger partial charge in [0.05, 0.1) is 12.5 Å². The van der Waals surface area contributed by atoms with E-state index in [-0.39, 0.29) is 24.8 Å². The third-order valence-electron chi connectivity index (χ3n) is 2.81. The lowest BCUT2D eigenvalue weighted by Crippen LogP contribution is -2.26. The van der Waals surface area contributed by atoms with Gasteiger partial charge in [-0.05, 0) is 24.4 Å². The molecule has 0 radical (unpaired) electrons. The summed E-state index contributed by atoms with van der Waals surface area (Å²) in [5.41, 5.74) is 0. The number of carboxylic acids is 1. The van der Waals surface area contributed by atoms with Gasteiger partial charge in [0.2, 0.25) is 5.91 Å². The van der Waals surface area contributed by atoms with Crippen molar-refractivity contribution in [2.45, 2.75) is 25.8 Å². The number of carbonyl (C=O) groups is 2. The van der Waals surface area contributed by atoms with E-state index in [9.17, 15) is 9.59 Å². The molecule has 4 nitrogen and oxygen atoms in total. The summed E-state index contributed by atoms with van der Waals surface area (Å²) in [5, 5.41) is 12.5. The highest BCUT2D eigenvalue weighted by molar-refractivity contribution is 7.19. The van der Waals surface area contributed by atoms with Crippen molar-refractivity contribution in [1.29, 1.82) is 0 Å². The summed E-state index contributed by atoms with van der Waals surface area (Å²) < 4.78 is 1.18. The van der Waals surface area contributed by atoms with Crippen molar-refractivity contribution in [2.75, 3.05) is 0 Å². The highest BCUT2D eigenvalue weighted by Gasteiger charge is 2.13. The Morgan fingerprint density at radius 1 is 1.32 bits per heavy atom. The minimum absolute atomic E-state index is 0.0184. The Bertz CT molecular complexity index is 573. The molecule has 1 amide bonds. The van der Waals surface area contributed by atoms with Crippen LogP contribution in [0.3, 0.4) is 0 Å². The van der Waals surface area contributed by atoms with E-state index in [0.717, 1.165) is 10.3 Å². The number of nitrogens with one attached hydrogen (secondary N) is 1. The second-order valence-corrected chi connectivity index (χ2v) is 5.48. The lowest BCUT2D eigenvalue weighted by Gasteiger charge is -2.11. The Hall–Kier alpha value is -1.88. The molecule has 0 spiro atoms. The molecular weight excluding hydrogens is 262 g/mol. The molecule has 0 saturated carbocycles. The monoisotopic (exact) mass is 277 g/mol. The van der Waals surface area contributed by atoms with Crippen molar-refractivity contribution in [2.24, 2.45) is 0 Å². The third kappa shape index (κ3) is 3.54. The zero-order valence-corrected chi connectivity index (χ0v) is 11.4. The van der Waals surface area contributed by atoms with Gasteiger partial charge in [0.15, 0.2) is 0 Å². The molecule has 0 aliphatic carbocycles. The molecule has 2 rings (SSSR count). The summed E-state index contributed by atoms with van der Waals surface area (Å²) in [6, 6.07) is 10.0. The number of thiophene rings is 1. The number of fused-ring (bicyclic) bond motifs is 1. The predicted molar refractivity (Wildman–Crippen MR) is 75.3 cm³/mol. The quantitative estimate of drug-likeness (QED) is 0.883. The molecule has 1 aromatic heterocycles. The van der Waals surface area contributed by atoms with Crippen molar-refractivity contribution in [3.05, 3.63) is 35.2 Å². The van der Waals surface area contributed by atoms with Crippen LogP contribution < -0.4 is 5.32 Å². The average molecular weight is 277 g/mol. The molecule has 19 heavy (non-hydrogen) atoms. The highest BCUT2D eigenvalue weighted by Crippen LogP contribution is 2.29. The van der Waals surface area contributed by atoms with Crippen LogP contribution in [0, 0.1) is 0 Å². The SMILES string of the molecule is CC(NC(=O)CCC(=O)O)c1cc2ccccc2s1. The first-order valence-electron chi connectivity index (χ1n) is 6.06. The molecule has 100 valence electrons. The second kappa shape index (κ2) is 5.84. The summed E-state index contributed by atoms with van der Waals surface area (Å²) in [5.74, 6) is -1.18. The van der Waals surface area contributed by atoms with Gasteiger partial charge in [0.25, 0.3) is 0 Å². The first-order valence-corrected chi connectivity index (χ1v) is 6.87. The van der Waals surface area contributed by atoms with E-state index in [2.05, 4.69) is 11.4 Å². The Morgan fingerprint density at radius 3 is 2.74 bits per heavy atom. The van der Waals surface area contributed by atoms with Crippen molar-refractivity contribution in [3.8, 4) is 0 Å². The van der Waals surface area contributed by atoms with Crippen molar-refractivity contribution >= 4 is 33.3 Å². The van der Waals surface area contributed by atoms with E-state index >= 15 is 0 Å². The first-order chi connectivity index (χ1) is 9.06. The number of carboxylic acid groups (broad SMARTS) is 1. The van der Waals surface area contributed by atoms with E-state index in [4.69, 9.17) is 5.11 Å². The molecule has 0 bridgehead atoms. The standard InChI is InChI=1S/C14H15NO3S/c1-9(15-13(16)6-7-14(17)18)12-8-10-4-2-3-5-11(10)19-12/h2-5,8-9H,6-7H2,1H3,(H,15,16)(H,17,18). The molecule has 0 saturated heterocycles. The minimum atomic E-state index is -0.954. The fraction of sp³-hybridized carbons (Fsp3) is 0.286. The normalized spacial score (nSPS) is 12.3. The zero-order chi connectivity index (χ0) is 13.8. The molecule has 0 aliphatic rings. The van der Waals surface area contributed by atoms with Crippen LogP contribution in [0.1, 0.15) is 30.7 Å². The minimum Gasteiger partial charge on any atom is -0.481 e. The van der Waals surface area contributed by atoms with Crippen LogP contribution in [-0.2, 0) is 9.59 Å². The van der Waals surface area contributed by atoms with Gasteiger partial charge in [-0.15, -0.1) is 11.3 Å². The fourth-order valence-corrected chi connectivity index (χ4v) is 2.89. The lowest BCUT2D eigenvalue weighted by atomic mass is 10.2. The van der Waals surface area contributed by atoms with Gasteiger partial charge in [-0.3, -0.25) is 9.59 Å². The summed E-state index contributed by atoms with van der Waals surface area (Å²) in [4.78, 5) is 23.0. The molecule has 1 heterocycles. The number of amides is 1. The smallest absolute Gasteiger partial charge is 0.303 e. The molecule has 0 aliphatic heterocycles. The van der Waals surface area contributed by atoms with Gasteiger partial charge in [-0.1, -0.05) is 18.2 Å². The van der Waals surface area contributed by atoms with Crippen LogP contribution >= 0.6 is 11.3 Å². The van der Waals surface area contributed by atoms with Gasteiger partial charge >= 0.3 is 5.97 Å². The topological polar surface area (TPSA) is 66.4 Å². The van der Waals surface area contributed by atoms with E-state index < -0.39 is 5.97 Å². The van der Waals surface area contributed by atoms with Crippen LogP contribution in [0.25, 0.3) is 10.1 Å². The van der Waals surface area contributed by atoms with Gasteiger partial charge in [0, 0.05) is 16.0 Å². The van der Waals surface area contributed by atoms with E-state index in [1.165, 1.54) is 4.70 Å². The molecule has 5 heteroatoms. The number of hydrogen-bond acceptors (Lipinski definition) is 3. The molecule has 1 aromatic carbocycles. The summed E-state index contributed by atoms with van der Waals surface area (Å²) in [7, 11) is 0. The third-order valence-corrected chi connectivity index (χ3v) is 4.11. The maximum atomic E-state index is 11.6. The summed E-state index contributed by atoms with van der Waals surface area (Å²) in [6.07, 6.45) is -0.116.